The number of fused-ring (bicyclic) bond motifs is 1. The monoisotopic (exact) mass is 618 g/mol. The highest BCUT2D eigenvalue weighted by Gasteiger charge is 2.77. The van der Waals surface area contributed by atoms with Gasteiger partial charge in [0.25, 0.3) is 5.91 Å². The first-order chi connectivity index (χ1) is 18.6. The van der Waals surface area contributed by atoms with Crippen LogP contribution in [0, 0.1) is 31.6 Å². The van der Waals surface area contributed by atoms with E-state index in [1.165, 1.54) is 6.08 Å². The molecule has 3 heterocycles. The number of aliphatic hydroxyl groups is 1. The zero-order valence-corrected chi connectivity index (χ0v) is 25.5. The summed E-state index contributed by atoms with van der Waals surface area (Å²) in [6.07, 6.45) is 4.49. The summed E-state index contributed by atoms with van der Waals surface area (Å²) >= 11 is 5.35. The van der Waals surface area contributed by atoms with Crippen molar-refractivity contribution in [3.05, 3.63) is 54.6 Å². The smallest absolute Gasteiger partial charge is 0.311 e. The minimum absolute atomic E-state index is 0.0498. The van der Waals surface area contributed by atoms with Crippen molar-refractivity contribution in [2.45, 2.75) is 67.4 Å². The molecule has 4 rings (SSSR count). The molecular formula is C30H39BrN2O5S. The zero-order chi connectivity index (χ0) is 28.6. The number of anilines is 1. The lowest BCUT2D eigenvalue weighted by molar-refractivity contribution is -0.153. The Hall–Kier alpha value is -2.10. The number of aliphatic hydroxyl groups excluding tert-OH is 1. The van der Waals surface area contributed by atoms with E-state index in [2.05, 4.69) is 29.1 Å². The van der Waals surface area contributed by atoms with Gasteiger partial charge in [-0.25, -0.2) is 0 Å². The lowest BCUT2D eigenvalue weighted by atomic mass is 9.71. The van der Waals surface area contributed by atoms with Crippen molar-refractivity contribution in [1.82, 2.24) is 4.90 Å². The molecule has 2 bridgehead atoms. The number of carbonyl (C=O) groups is 3. The molecule has 0 aromatic heterocycles. The maximum absolute atomic E-state index is 14.8. The van der Waals surface area contributed by atoms with Gasteiger partial charge in [-0.05, 0) is 43.4 Å². The quantitative estimate of drug-likeness (QED) is 0.224. The number of hydrogen-bond acceptors (Lipinski definition) is 6. The number of amides is 2. The van der Waals surface area contributed by atoms with Crippen molar-refractivity contribution in [3.8, 4) is 0 Å². The molecule has 2 amide bonds. The molecule has 3 aliphatic rings. The predicted octanol–water partition coefficient (Wildman–Crippen LogP) is 4.42. The van der Waals surface area contributed by atoms with Crippen molar-refractivity contribution >= 4 is 51.2 Å². The maximum atomic E-state index is 14.8. The topological polar surface area (TPSA) is 87.1 Å². The number of alkyl halides is 1. The van der Waals surface area contributed by atoms with Crippen LogP contribution in [0.25, 0.3) is 0 Å². The highest BCUT2D eigenvalue weighted by molar-refractivity contribution is 9.09. The average Bonchev–Trinajstić information content (AvgIpc) is 3.51. The van der Waals surface area contributed by atoms with E-state index in [1.54, 1.807) is 27.6 Å². The van der Waals surface area contributed by atoms with Crippen molar-refractivity contribution < 1.29 is 24.2 Å². The third kappa shape index (κ3) is 4.88. The molecule has 9 heteroatoms. The van der Waals surface area contributed by atoms with E-state index in [-0.39, 0.29) is 47.6 Å². The molecule has 0 radical (unpaired) electrons. The van der Waals surface area contributed by atoms with Gasteiger partial charge >= 0.3 is 5.97 Å². The molecule has 8 atom stereocenters. The zero-order valence-electron chi connectivity index (χ0n) is 23.1. The molecule has 3 saturated heterocycles. The molecule has 212 valence electrons. The fourth-order valence-electron chi connectivity index (χ4n) is 6.62. The molecule has 0 aliphatic carbocycles. The van der Waals surface area contributed by atoms with Crippen LogP contribution in [-0.4, -0.2) is 74.5 Å². The number of halogens is 1. The lowest BCUT2D eigenvalue weighted by Crippen LogP contribution is -2.59. The van der Waals surface area contributed by atoms with Gasteiger partial charge in [0.15, 0.2) is 0 Å². The van der Waals surface area contributed by atoms with Gasteiger partial charge in [-0.15, -0.1) is 18.3 Å². The Labute approximate surface area is 244 Å². The third-order valence-corrected chi connectivity index (χ3v) is 11.9. The van der Waals surface area contributed by atoms with Gasteiger partial charge in [0, 0.05) is 22.3 Å². The van der Waals surface area contributed by atoms with Crippen LogP contribution in [0.3, 0.4) is 0 Å². The van der Waals surface area contributed by atoms with Crippen LogP contribution < -0.4 is 4.90 Å². The second-order valence-electron chi connectivity index (χ2n) is 11.0. The number of esters is 1. The number of rotatable bonds is 11. The minimum Gasteiger partial charge on any atom is -0.461 e. The first-order valence-electron chi connectivity index (χ1n) is 13.6. The highest BCUT2D eigenvalue weighted by Crippen LogP contribution is 2.68. The SMILES string of the molecule is C=CCOC(=O)[C@H]1[C@H]2C(=O)N([C@@H](CO)[C@@H](C)CC)C(C(=O)N(CC=C)c3cc(C)ccc3C)C23CC(Br)[C@@H]1S3. The number of hydrogen-bond donors (Lipinski definition) is 1. The van der Waals surface area contributed by atoms with E-state index in [0.717, 1.165) is 23.2 Å². The molecular weight excluding hydrogens is 580 g/mol. The summed E-state index contributed by atoms with van der Waals surface area (Å²) in [7, 11) is 0. The Kier molecular flexibility index (Phi) is 9.03. The van der Waals surface area contributed by atoms with Crippen molar-refractivity contribution in [2.75, 3.05) is 24.7 Å². The van der Waals surface area contributed by atoms with Gasteiger partial charge in [0.1, 0.15) is 12.6 Å². The number of ether oxygens (including phenoxy) is 1. The number of likely N-dealkylation sites (tertiary alicyclic amines) is 1. The van der Waals surface area contributed by atoms with Gasteiger partial charge in [-0.2, -0.15) is 0 Å². The van der Waals surface area contributed by atoms with Crippen molar-refractivity contribution in [2.24, 2.45) is 17.8 Å². The Morgan fingerprint density at radius 3 is 2.67 bits per heavy atom. The molecule has 3 aliphatic heterocycles. The van der Waals surface area contributed by atoms with Gasteiger partial charge in [0.05, 0.1) is 29.2 Å². The highest BCUT2D eigenvalue weighted by atomic mass is 79.9. The molecule has 3 fully saturated rings. The summed E-state index contributed by atoms with van der Waals surface area (Å²) in [5, 5.41) is 10.4. The molecule has 3 unspecified atom stereocenters. The van der Waals surface area contributed by atoms with Crippen LogP contribution in [-0.2, 0) is 19.1 Å². The summed E-state index contributed by atoms with van der Waals surface area (Å²) < 4.78 is 4.65. The molecule has 1 N–H and O–H groups in total. The summed E-state index contributed by atoms with van der Waals surface area (Å²) in [5.74, 6) is -2.35. The molecule has 1 aromatic rings. The average molecular weight is 620 g/mol. The largest absolute Gasteiger partial charge is 0.461 e. The standard InChI is InChI=1S/C30H39BrN2O5S/c1-7-12-32(21-14-17(4)10-11-19(21)6)28(36)26-30-15-20(31)25(39-30)23(29(37)38-13-8-2)24(30)27(35)33(26)22(16-34)18(5)9-3/h7-8,10-11,14,18,20,22-26,34H,1-2,9,12-13,15-16H2,3-6H3/t18-,20?,22-,23-,24-,25-,26?,30?/m0/s1. The van der Waals surface area contributed by atoms with Crippen LogP contribution >= 0.6 is 27.7 Å². The van der Waals surface area contributed by atoms with Crippen molar-refractivity contribution in [3.63, 3.8) is 0 Å². The number of benzene rings is 1. The van der Waals surface area contributed by atoms with Crippen LogP contribution in [0.1, 0.15) is 37.8 Å². The number of carbonyl (C=O) groups excluding carboxylic acids is 3. The Balaban J connectivity index is 1.88. The summed E-state index contributed by atoms with van der Waals surface area (Å²) in [5.41, 5.74) is 2.72. The first kappa shape index (κ1) is 29.9. The Morgan fingerprint density at radius 2 is 2.05 bits per heavy atom. The lowest BCUT2D eigenvalue weighted by Gasteiger charge is -2.41. The van der Waals surface area contributed by atoms with Gasteiger partial charge in [0.2, 0.25) is 5.91 Å². The van der Waals surface area contributed by atoms with Gasteiger partial charge < -0.3 is 19.6 Å². The third-order valence-electron chi connectivity index (χ3n) is 8.65. The van der Waals surface area contributed by atoms with Crippen LogP contribution in [0.2, 0.25) is 0 Å². The second kappa shape index (κ2) is 11.8. The predicted molar refractivity (Wildman–Crippen MR) is 159 cm³/mol. The summed E-state index contributed by atoms with van der Waals surface area (Å²) in [6.45, 7) is 15.5. The fourth-order valence-corrected chi connectivity index (χ4v) is 10.2. The molecule has 1 spiro atoms. The summed E-state index contributed by atoms with van der Waals surface area (Å²) in [6, 6.07) is 4.56. The molecule has 39 heavy (non-hydrogen) atoms. The second-order valence-corrected chi connectivity index (χ2v) is 13.7. The number of aryl methyl sites for hydroxylation is 2. The van der Waals surface area contributed by atoms with Crippen LogP contribution in [0.5, 0.6) is 0 Å². The Bertz CT molecular complexity index is 1160. The van der Waals surface area contributed by atoms with E-state index in [4.69, 9.17) is 4.74 Å². The van der Waals surface area contributed by atoms with E-state index < -0.39 is 34.6 Å². The van der Waals surface area contributed by atoms with Crippen LogP contribution in [0.15, 0.2) is 43.5 Å². The van der Waals surface area contributed by atoms with Gasteiger partial charge in [-0.3, -0.25) is 14.4 Å². The maximum Gasteiger partial charge on any atom is 0.311 e. The van der Waals surface area contributed by atoms with Gasteiger partial charge in [-0.1, -0.05) is 67.1 Å². The molecule has 1 aromatic carbocycles. The molecule has 0 saturated carbocycles. The van der Waals surface area contributed by atoms with E-state index >= 15 is 0 Å². The minimum atomic E-state index is -0.853. The number of nitrogens with zero attached hydrogens (tertiary/aromatic N) is 2. The number of thioether (sulfide) groups is 1. The van der Waals surface area contributed by atoms with E-state index in [9.17, 15) is 19.5 Å². The summed E-state index contributed by atoms with van der Waals surface area (Å²) in [4.78, 5) is 45.8. The Morgan fingerprint density at radius 1 is 1.33 bits per heavy atom. The normalized spacial score (nSPS) is 30.6. The van der Waals surface area contributed by atoms with E-state index in [0.29, 0.717) is 6.42 Å². The van der Waals surface area contributed by atoms with Crippen molar-refractivity contribution in [1.29, 1.82) is 0 Å². The van der Waals surface area contributed by atoms with Crippen LogP contribution in [0.4, 0.5) is 5.69 Å². The molecule has 7 nitrogen and oxygen atoms in total. The van der Waals surface area contributed by atoms with E-state index in [1.807, 2.05) is 45.9 Å². The fraction of sp³-hybridized carbons (Fsp3) is 0.567. The first-order valence-corrected chi connectivity index (χ1v) is 15.4.